The molecule has 0 saturated carbocycles. The molecule has 2 nitrogen and oxygen atoms in total. The van der Waals surface area contributed by atoms with Crippen LogP contribution in [-0.4, -0.2) is 23.4 Å². The summed E-state index contributed by atoms with van der Waals surface area (Å²) in [6, 6.07) is 0. The third-order valence-electron chi connectivity index (χ3n) is 3.46. The van der Waals surface area contributed by atoms with Crippen LogP contribution in [0.25, 0.3) is 0 Å². The van der Waals surface area contributed by atoms with Gasteiger partial charge in [-0.25, -0.2) is 0 Å². The Kier molecular flexibility index (Phi) is 5.10. The van der Waals surface area contributed by atoms with Gasteiger partial charge in [0.2, 0.25) is 0 Å². The number of aliphatic hydroxyl groups is 1. The van der Waals surface area contributed by atoms with Gasteiger partial charge in [-0.3, -0.25) is 0 Å². The Morgan fingerprint density at radius 3 is 2.07 bits per heavy atom. The van der Waals surface area contributed by atoms with E-state index in [2.05, 4.69) is 27.7 Å². The first-order chi connectivity index (χ1) is 6.25. The van der Waals surface area contributed by atoms with E-state index >= 15 is 0 Å². The molecule has 1 N–H and O–H groups in total. The van der Waals surface area contributed by atoms with Crippen molar-refractivity contribution < 1.29 is 9.84 Å². The zero-order valence-electron chi connectivity index (χ0n) is 10.6. The molecule has 0 aromatic heterocycles. The molecule has 2 heteroatoms. The Balaban J connectivity index is 4.11. The second-order valence-corrected chi connectivity index (χ2v) is 5.13. The average Bonchev–Trinajstić information content (AvgIpc) is 2.14. The van der Waals surface area contributed by atoms with E-state index in [1.54, 1.807) is 7.11 Å². The van der Waals surface area contributed by atoms with E-state index in [0.717, 1.165) is 19.3 Å². The van der Waals surface area contributed by atoms with Gasteiger partial charge in [0, 0.05) is 7.11 Å². The van der Waals surface area contributed by atoms with Crippen LogP contribution >= 0.6 is 0 Å². The van der Waals surface area contributed by atoms with Crippen molar-refractivity contribution in [2.75, 3.05) is 7.11 Å². The molecule has 0 rings (SSSR count). The van der Waals surface area contributed by atoms with E-state index in [-0.39, 0.29) is 5.60 Å². The van der Waals surface area contributed by atoms with Crippen LogP contribution in [-0.2, 0) is 4.74 Å². The van der Waals surface area contributed by atoms with Crippen LogP contribution in [0.4, 0.5) is 0 Å². The molecule has 0 amide bonds. The predicted octanol–water partition coefficient (Wildman–Crippen LogP) is 2.99. The fraction of sp³-hybridized carbons (Fsp3) is 1.00. The summed E-state index contributed by atoms with van der Waals surface area (Å²) in [5, 5.41) is 10.2. The minimum Gasteiger partial charge on any atom is -0.390 e. The molecule has 0 aliphatic heterocycles. The van der Waals surface area contributed by atoms with Gasteiger partial charge in [0.25, 0.3) is 0 Å². The van der Waals surface area contributed by atoms with Gasteiger partial charge in [-0.2, -0.15) is 0 Å². The second-order valence-electron chi connectivity index (χ2n) is 5.13. The third-order valence-corrected chi connectivity index (χ3v) is 3.46. The van der Waals surface area contributed by atoms with Crippen molar-refractivity contribution in [3.05, 3.63) is 0 Å². The van der Waals surface area contributed by atoms with Crippen LogP contribution in [0, 0.1) is 5.92 Å². The lowest BCUT2D eigenvalue weighted by Crippen LogP contribution is -2.35. The van der Waals surface area contributed by atoms with E-state index in [4.69, 9.17) is 4.74 Å². The minimum atomic E-state index is -0.565. The molecule has 0 aliphatic carbocycles. The highest BCUT2D eigenvalue weighted by Crippen LogP contribution is 2.28. The smallest absolute Gasteiger partial charge is 0.0646 e. The van der Waals surface area contributed by atoms with Crippen LogP contribution in [0.1, 0.15) is 53.9 Å². The summed E-state index contributed by atoms with van der Waals surface area (Å²) in [6.45, 7) is 10.2. The van der Waals surface area contributed by atoms with Crippen LogP contribution in [0.5, 0.6) is 0 Å². The van der Waals surface area contributed by atoms with Gasteiger partial charge in [0.15, 0.2) is 0 Å². The highest BCUT2D eigenvalue weighted by Gasteiger charge is 2.29. The van der Waals surface area contributed by atoms with Gasteiger partial charge in [-0.1, -0.05) is 20.3 Å². The topological polar surface area (TPSA) is 29.5 Å². The van der Waals surface area contributed by atoms with Gasteiger partial charge in [-0.15, -0.1) is 0 Å². The lowest BCUT2D eigenvalue weighted by Gasteiger charge is -2.33. The standard InChI is InChI=1S/C12H26O2/c1-7-10(2)12(5,13)9-8-11(3,4)14-6/h10,13H,7-9H2,1-6H3. The molecule has 0 spiro atoms. The quantitative estimate of drug-likeness (QED) is 0.717. The molecular formula is C12H26O2. The minimum absolute atomic E-state index is 0.128. The predicted molar refractivity (Wildman–Crippen MR) is 60.4 cm³/mol. The number of hydrogen-bond donors (Lipinski definition) is 1. The van der Waals surface area contributed by atoms with Crippen LogP contribution in [0.15, 0.2) is 0 Å². The van der Waals surface area contributed by atoms with Gasteiger partial charge >= 0.3 is 0 Å². The first-order valence-electron chi connectivity index (χ1n) is 5.52. The second kappa shape index (κ2) is 5.13. The highest BCUT2D eigenvalue weighted by atomic mass is 16.5. The normalized spacial score (nSPS) is 19.1. The molecule has 0 saturated heterocycles. The lowest BCUT2D eigenvalue weighted by atomic mass is 9.82. The average molecular weight is 202 g/mol. The van der Waals surface area contributed by atoms with Crippen LogP contribution in [0.2, 0.25) is 0 Å². The summed E-state index contributed by atoms with van der Waals surface area (Å²) < 4.78 is 5.34. The van der Waals surface area contributed by atoms with Gasteiger partial charge in [0.1, 0.15) is 0 Å². The maximum Gasteiger partial charge on any atom is 0.0646 e. The number of rotatable bonds is 6. The fourth-order valence-corrected chi connectivity index (χ4v) is 1.34. The Bertz CT molecular complexity index is 162. The number of hydrogen-bond acceptors (Lipinski definition) is 2. The van der Waals surface area contributed by atoms with Crippen molar-refractivity contribution in [1.82, 2.24) is 0 Å². The molecule has 0 aliphatic rings. The monoisotopic (exact) mass is 202 g/mol. The molecular weight excluding hydrogens is 176 g/mol. The Labute approximate surface area is 88.7 Å². The summed E-state index contributed by atoms with van der Waals surface area (Å²) >= 11 is 0. The molecule has 0 aromatic carbocycles. The summed E-state index contributed by atoms with van der Waals surface area (Å²) in [5.41, 5.74) is -0.692. The Hall–Kier alpha value is -0.0800. The summed E-state index contributed by atoms with van der Waals surface area (Å²) in [6.07, 6.45) is 2.70. The summed E-state index contributed by atoms with van der Waals surface area (Å²) in [4.78, 5) is 0. The SMILES string of the molecule is CCC(C)C(C)(O)CCC(C)(C)OC. The van der Waals surface area contributed by atoms with E-state index in [9.17, 15) is 5.11 Å². The van der Waals surface area contributed by atoms with E-state index < -0.39 is 5.60 Å². The van der Waals surface area contributed by atoms with Gasteiger partial charge in [0.05, 0.1) is 11.2 Å². The largest absolute Gasteiger partial charge is 0.390 e. The van der Waals surface area contributed by atoms with Crippen molar-refractivity contribution in [2.45, 2.75) is 65.1 Å². The molecule has 86 valence electrons. The molecule has 2 unspecified atom stereocenters. The summed E-state index contributed by atoms with van der Waals surface area (Å²) in [7, 11) is 1.72. The molecule has 0 heterocycles. The maximum atomic E-state index is 10.2. The van der Waals surface area contributed by atoms with Crippen molar-refractivity contribution in [3.63, 3.8) is 0 Å². The van der Waals surface area contributed by atoms with Crippen LogP contribution < -0.4 is 0 Å². The highest BCUT2D eigenvalue weighted by molar-refractivity contribution is 4.82. The molecule has 0 fully saturated rings. The third kappa shape index (κ3) is 4.43. The van der Waals surface area contributed by atoms with Crippen molar-refractivity contribution >= 4 is 0 Å². The van der Waals surface area contributed by atoms with Crippen molar-refractivity contribution in [3.8, 4) is 0 Å². The molecule has 0 bridgehead atoms. The maximum absolute atomic E-state index is 10.2. The van der Waals surface area contributed by atoms with Gasteiger partial charge in [-0.05, 0) is 39.5 Å². The van der Waals surface area contributed by atoms with Crippen molar-refractivity contribution in [1.29, 1.82) is 0 Å². The van der Waals surface area contributed by atoms with E-state index in [0.29, 0.717) is 5.92 Å². The molecule has 0 aromatic rings. The van der Waals surface area contributed by atoms with E-state index in [1.165, 1.54) is 0 Å². The number of methoxy groups -OCH3 is 1. The first-order valence-corrected chi connectivity index (χ1v) is 5.52. The zero-order valence-corrected chi connectivity index (χ0v) is 10.6. The number of ether oxygens (including phenoxy) is 1. The van der Waals surface area contributed by atoms with Crippen LogP contribution in [0.3, 0.4) is 0 Å². The summed E-state index contributed by atoms with van der Waals surface area (Å²) in [5.74, 6) is 0.343. The van der Waals surface area contributed by atoms with Gasteiger partial charge < -0.3 is 9.84 Å². The fourth-order valence-electron chi connectivity index (χ4n) is 1.34. The van der Waals surface area contributed by atoms with E-state index in [1.807, 2.05) is 6.92 Å². The molecule has 0 radical (unpaired) electrons. The molecule has 2 atom stereocenters. The lowest BCUT2D eigenvalue weighted by molar-refractivity contribution is -0.0424. The Morgan fingerprint density at radius 1 is 1.21 bits per heavy atom. The first kappa shape index (κ1) is 13.9. The zero-order chi connectivity index (χ0) is 11.4. The Morgan fingerprint density at radius 2 is 1.71 bits per heavy atom. The molecule has 14 heavy (non-hydrogen) atoms. The van der Waals surface area contributed by atoms with Crippen molar-refractivity contribution in [2.24, 2.45) is 5.92 Å².